The maximum atomic E-state index is 5.29. The van der Waals surface area contributed by atoms with Crippen LogP contribution in [0.5, 0.6) is 0 Å². The summed E-state index contributed by atoms with van der Waals surface area (Å²) in [7, 11) is 0. The molecule has 1 aliphatic rings. The largest absolute Gasteiger partial charge is 0.345 e. The van der Waals surface area contributed by atoms with E-state index in [9.17, 15) is 0 Å². The summed E-state index contributed by atoms with van der Waals surface area (Å²) in [4.78, 5) is 4.21. The molecule has 0 amide bonds. The van der Waals surface area contributed by atoms with Gasteiger partial charge in [-0.1, -0.05) is 6.07 Å². The molecule has 1 saturated heterocycles. The van der Waals surface area contributed by atoms with Crippen LogP contribution in [0.3, 0.4) is 0 Å². The molecule has 0 N–H and O–H groups in total. The average molecular weight is 165 g/mol. The zero-order chi connectivity index (χ0) is 8.39. The third-order valence-corrected chi connectivity index (χ3v) is 1.80. The minimum atomic E-state index is -0.245. The molecule has 0 radical (unpaired) electrons. The van der Waals surface area contributed by atoms with Gasteiger partial charge in [0, 0.05) is 6.20 Å². The highest BCUT2D eigenvalue weighted by atomic mass is 16.7. The quantitative estimate of drug-likeness (QED) is 0.631. The van der Waals surface area contributed by atoms with E-state index in [1.807, 2.05) is 25.3 Å². The fourth-order valence-corrected chi connectivity index (χ4v) is 1.15. The lowest BCUT2D eigenvalue weighted by molar-refractivity contribution is -0.0472. The van der Waals surface area contributed by atoms with E-state index in [4.69, 9.17) is 9.47 Å². The predicted molar refractivity (Wildman–Crippen MR) is 43.6 cm³/mol. The number of hydrogen-bond acceptors (Lipinski definition) is 3. The van der Waals surface area contributed by atoms with Crippen LogP contribution in [0.1, 0.15) is 17.5 Å². The van der Waals surface area contributed by atoms with E-state index in [1.165, 1.54) is 0 Å². The van der Waals surface area contributed by atoms with Crippen LogP contribution in [0.25, 0.3) is 0 Å². The van der Waals surface area contributed by atoms with Gasteiger partial charge >= 0.3 is 0 Å². The third-order valence-electron chi connectivity index (χ3n) is 1.80. The monoisotopic (exact) mass is 165 g/mol. The van der Waals surface area contributed by atoms with Crippen molar-refractivity contribution in [3.8, 4) is 0 Å². The molecule has 0 atom stereocenters. The summed E-state index contributed by atoms with van der Waals surface area (Å²) in [5, 5.41) is 0. The summed E-state index contributed by atoms with van der Waals surface area (Å²) in [5.74, 6) is 0. The van der Waals surface area contributed by atoms with Gasteiger partial charge < -0.3 is 9.47 Å². The van der Waals surface area contributed by atoms with Crippen LogP contribution in [0, 0.1) is 6.92 Å². The topological polar surface area (TPSA) is 31.4 Å². The van der Waals surface area contributed by atoms with Crippen molar-refractivity contribution in [2.45, 2.75) is 13.2 Å². The first-order valence-corrected chi connectivity index (χ1v) is 4.02. The Labute approximate surface area is 71.3 Å². The molecule has 1 aliphatic heterocycles. The van der Waals surface area contributed by atoms with Gasteiger partial charge in [-0.2, -0.15) is 0 Å². The molecule has 2 rings (SSSR count). The Morgan fingerprint density at radius 1 is 1.33 bits per heavy atom. The minimum absolute atomic E-state index is 0.245. The van der Waals surface area contributed by atoms with Crippen LogP contribution in [-0.2, 0) is 9.47 Å². The average Bonchev–Trinajstić information content (AvgIpc) is 2.58. The number of rotatable bonds is 1. The second-order valence-corrected chi connectivity index (χ2v) is 2.83. The molecule has 0 bridgehead atoms. The Morgan fingerprint density at radius 2 is 2.08 bits per heavy atom. The molecule has 3 heteroatoms. The second kappa shape index (κ2) is 3.21. The molecule has 0 saturated carbocycles. The van der Waals surface area contributed by atoms with Gasteiger partial charge in [0.05, 0.1) is 18.9 Å². The van der Waals surface area contributed by atoms with Crippen molar-refractivity contribution in [2.75, 3.05) is 13.2 Å². The number of aromatic nitrogens is 1. The van der Waals surface area contributed by atoms with Crippen LogP contribution < -0.4 is 0 Å². The van der Waals surface area contributed by atoms with Gasteiger partial charge in [0.25, 0.3) is 0 Å². The Bertz CT molecular complexity index is 252. The van der Waals surface area contributed by atoms with Gasteiger partial charge in [-0.25, -0.2) is 0 Å². The van der Waals surface area contributed by atoms with E-state index in [1.54, 1.807) is 0 Å². The summed E-state index contributed by atoms with van der Waals surface area (Å²) in [6, 6.07) is 3.94. The van der Waals surface area contributed by atoms with Crippen molar-refractivity contribution in [1.82, 2.24) is 4.98 Å². The molecule has 2 heterocycles. The molecule has 0 aliphatic carbocycles. The number of aryl methyl sites for hydroxylation is 1. The summed E-state index contributed by atoms with van der Waals surface area (Å²) in [6.45, 7) is 3.34. The van der Waals surface area contributed by atoms with Gasteiger partial charge in [0.15, 0.2) is 0 Å². The molecule has 12 heavy (non-hydrogen) atoms. The van der Waals surface area contributed by atoms with Crippen molar-refractivity contribution in [1.29, 1.82) is 0 Å². The Kier molecular flexibility index (Phi) is 2.06. The Hall–Kier alpha value is -0.930. The number of pyridine rings is 1. The molecule has 0 spiro atoms. The zero-order valence-corrected chi connectivity index (χ0v) is 6.99. The van der Waals surface area contributed by atoms with Crippen molar-refractivity contribution in [3.63, 3.8) is 0 Å². The lowest BCUT2D eigenvalue weighted by atomic mass is 10.3. The van der Waals surface area contributed by atoms with E-state index in [0.29, 0.717) is 13.2 Å². The van der Waals surface area contributed by atoms with Crippen LogP contribution in [0.15, 0.2) is 18.3 Å². The van der Waals surface area contributed by atoms with E-state index < -0.39 is 0 Å². The summed E-state index contributed by atoms with van der Waals surface area (Å²) < 4.78 is 10.6. The van der Waals surface area contributed by atoms with Crippen LogP contribution in [-0.4, -0.2) is 18.2 Å². The molecule has 1 aromatic heterocycles. The van der Waals surface area contributed by atoms with E-state index in [0.717, 1.165) is 11.3 Å². The second-order valence-electron chi connectivity index (χ2n) is 2.83. The Morgan fingerprint density at radius 3 is 2.67 bits per heavy atom. The molecule has 1 fully saturated rings. The van der Waals surface area contributed by atoms with Crippen molar-refractivity contribution in [2.24, 2.45) is 0 Å². The molecule has 3 nitrogen and oxygen atoms in total. The highest BCUT2D eigenvalue weighted by Crippen LogP contribution is 2.20. The molecular weight excluding hydrogens is 154 g/mol. The zero-order valence-electron chi connectivity index (χ0n) is 6.99. The SMILES string of the molecule is Cc1ccc(C2OCCO2)nc1. The predicted octanol–water partition coefficient (Wildman–Crippen LogP) is 1.44. The van der Waals surface area contributed by atoms with Crippen molar-refractivity contribution >= 4 is 0 Å². The minimum Gasteiger partial charge on any atom is -0.345 e. The summed E-state index contributed by atoms with van der Waals surface area (Å²) in [6.07, 6.45) is 1.57. The molecule has 0 unspecified atom stereocenters. The first-order chi connectivity index (χ1) is 5.86. The van der Waals surface area contributed by atoms with Gasteiger partial charge in [-0.15, -0.1) is 0 Å². The lowest BCUT2D eigenvalue weighted by Gasteiger charge is -2.07. The van der Waals surface area contributed by atoms with E-state index in [2.05, 4.69) is 4.98 Å². The van der Waals surface area contributed by atoms with Crippen LogP contribution in [0.2, 0.25) is 0 Å². The first kappa shape index (κ1) is 7.71. The highest BCUT2D eigenvalue weighted by molar-refractivity contribution is 5.13. The Balaban J connectivity index is 2.17. The van der Waals surface area contributed by atoms with E-state index >= 15 is 0 Å². The molecule has 64 valence electrons. The number of hydrogen-bond donors (Lipinski definition) is 0. The summed E-state index contributed by atoms with van der Waals surface area (Å²) in [5.41, 5.74) is 2.01. The standard InChI is InChI=1S/C9H11NO2/c1-7-2-3-8(10-6-7)9-11-4-5-12-9/h2-3,6,9H,4-5H2,1H3. The maximum absolute atomic E-state index is 5.29. The lowest BCUT2D eigenvalue weighted by Crippen LogP contribution is -2.00. The van der Waals surface area contributed by atoms with Crippen molar-refractivity contribution < 1.29 is 9.47 Å². The van der Waals surface area contributed by atoms with E-state index in [-0.39, 0.29) is 6.29 Å². The normalized spacial score (nSPS) is 18.4. The first-order valence-electron chi connectivity index (χ1n) is 4.02. The van der Waals surface area contributed by atoms with Crippen LogP contribution >= 0.6 is 0 Å². The maximum Gasteiger partial charge on any atom is 0.201 e. The van der Waals surface area contributed by atoms with Gasteiger partial charge in [0.2, 0.25) is 6.29 Å². The summed E-state index contributed by atoms with van der Waals surface area (Å²) >= 11 is 0. The molecule has 0 aromatic carbocycles. The fourth-order valence-electron chi connectivity index (χ4n) is 1.15. The fraction of sp³-hybridized carbons (Fsp3) is 0.444. The van der Waals surface area contributed by atoms with Crippen molar-refractivity contribution in [3.05, 3.63) is 29.6 Å². The smallest absolute Gasteiger partial charge is 0.201 e. The number of ether oxygens (including phenoxy) is 2. The van der Waals surface area contributed by atoms with Gasteiger partial charge in [0.1, 0.15) is 0 Å². The third kappa shape index (κ3) is 1.47. The van der Waals surface area contributed by atoms with Gasteiger partial charge in [-0.3, -0.25) is 4.98 Å². The molecule has 1 aromatic rings. The molecular formula is C9H11NO2. The van der Waals surface area contributed by atoms with Crippen LogP contribution in [0.4, 0.5) is 0 Å². The number of nitrogens with zero attached hydrogens (tertiary/aromatic N) is 1. The highest BCUT2D eigenvalue weighted by Gasteiger charge is 2.18. The van der Waals surface area contributed by atoms with Gasteiger partial charge in [-0.05, 0) is 18.6 Å².